The molecular formula is C20H23BrN2O4S. The predicted octanol–water partition coefficient (Wildman–Crippen LogP) is 4.01. The van der Waals surface area contributed by atoms with Gasteiger partial charge in [-0.2, -0.15) is 0 Å². The van der Waals surface area contributed by atoms with Crippen molar-refractivity contribution < 1.29 is 19.1 Å². The molecule has 1 aliphatic rings. The van der Waals surface area contributed by atoms with Gasteiger partial charge in [0.05, 0.1) is 29.6 Å². The van der Waals surface area contributed by atoms with Crippen LogP contribution in [0.4, 0.5) is 5.00 Å². The fourth-order valence-corrected chi connectivity index (χ4v) is 5.30. The molecule has 1 fully saturated rings. The van der Waals surface area contributed by atoms with Gasteiger partial charge in [-0.25, -0.2) is 4.79 Å². The van der Waals surface area contributed by atoms with Crippen molar-refractivity contribution in [2.45, 2.75) is 26.1 Å². The van der Waals surface area contributed by atoms with E-state index in [1.54, 1.807) is 0 Å². The van der Waals surface area contributed by atoms with E-state index in [-0.39, 0.29) is 24.7 Å². The monoisotopic (exact) mass is 466 g/mol. The normalized spacial score (nSPS) is 20.0. The summed E-state index contributed by atoms with van der Waals surface area (Å²) in [5, 5.41) is 3.38. The quantitative estimate of drug-likeness (QED) is 0.674. The average molecular weight is 467 g/mol. The first-order valence-electron chi connectivity index (χ1n) is 9.02. The summed E-state index contributed by atoms with van der Waals surface area (Å²) in [5.74, 6) is -0.649. The molecule has 28 heavy (non-hydrogen) atoms. The van der Waals surface area contributed by atoms with Crippen molar-refractivity contribution in [3.63, 3.8) is 0 Å². The third-order valence-corrected chi connectivity index (χ3v) is 6.21. The van der Waals surface area contributed by atoms with E-state index >= 15 is 0 Å². The number of halogens is 1. The number of rotatable bonds is 5. The van der Waals surface area contributed by atoms with Gasteiger partial charge in [0.15, 0.2) is 0 Å². The summed E-state index contributed by atoms with van der Waals surface area (Å²) in [6.45, 7) is 5.64. The van der Waals surface area contributed by atoms with E-state index in [0.29, 0.717) is 23.7 Å². The number of ether oxygens (including phenoxy) is 2. The van der Waals surface area contributed by atoms with Gasteiger partial charge in [0.25, 0.3) is 0 Å². The number of hydrogen-bond acceptors (Lipinski definition) is 6. The number of nitrogens with one attached hydrogen (secondary N) is 1. The molecule has 0 aliphatic carbocycles. The molecule has 1 aromatic carbocycles. The van der Waals surface area contributed by atoms with E-state index in [2.05, 4.69) is 26.1 Å². The summed E-state index contributed by atoms with van der Waals surface area (Å²) in [7, 11) is 1.34. The molecule has 0 spiro atoms. The van der Waals surface area contributed by atoms with Crippen LogP contribution in [-0.4, -0.2) is 55.7 Å². The minimum atomic E-state index is -0.482. The van der Waals surface area contributed by atoms with Crippen LogP contribution in [0, 0.1) is 0 Å². The molecule has 1 aromatic heterocycles. The lowest BCUT2D eigenvalue weighted by atomic mass is 10.0. The number of carbonyl (C=O) groups excluding carboxylic acids is 2. The van der Waals surface area contributed by atoms with Gasteiger partial charge in [0.2, 0.25) is 5.91 Å². The maximum absolute atomic E-state index is 12.7. The molecule has 0 unspecified atom stereocenters. The molecule has 0 bridgehead atoms. The summed E-state index contributed by atoms with van der Waals surface area (Å²) in [5.41, 5.74) is 1.96. The zero-order chi connectivity index (χ0) is 20.3. The standard InChI is InChI=1S/C20H23BrN2O4S/c1-12-9-23(10-13(2)27-12)11-15(24)22-19-17(20(25)26-3)16(18(21)28-19)14-7-5-4-6-8-14/h4-8,12-13H,9-11H2,1-3H3,(H,22,24)/t12-,13-/m1/s1. The number of amides is 1. The van der Waals surface area contributed by atoms with E-state index in [1.807, 2.05) is 44.2 Å². The molecule has 1 N–H and O–H groups in total. The highest BCUT2D eigenvalue weighted by Gasteiger charge is 2.27. The number of thiophene rings is 1. The molecule has 1 saturated heterocycles. The molecule has 3 rings (SSSR count). The molecule has 0 radical (unpaired) electrons. The minimum Gasteiger partial charge on any atom is -0.465 e. The maximum Gasteiger partial charge on any atom is 0.341 e. The Morgan fingerprint density at radius 3 is 2.50 bits per heavy atom. The highest BCUT2D eigenvalue weighted by Crippen LogP contribution is 2.44. The van der Waals surface area contributed by atoms with Gasteiger partial charge < -0.3 is 14.8 Å². The third-order valence-electron chi connectivity index (χ3n) is 4.43. The number of carbonyl (C=O) groups is 2. The van der Waals surface area contributed by atoms with E-state index in [1.165, 1.54) is 18.4 Å². The van der Waals surface area contributed by atoms with E-state index in [9.17, 15) is 9.59 Å². The van der Waals surface area contributed by atoms with Crippen LogP contribution < -0.4 is 5.32 Å². The molecule has 6 nitrogen and oxygen atoms in total. The number of hydrogen-bond donors (Lipinski definition) is 1. The maximum atomic E-state index is 12.7. The fraction of sp³-hybridized carbons (Fsp3) is 0.400. The van der Waals surface area contributed by atoms with Crippen LogP contribution in [0.2, 0.25) is 0 Å². The number of anilines is 1. The van der Waals surface area contributed by atoms with Gasteiger partial charge in [-0.1, -0.05) is 30.3 Å². The van der Waals surface area contributed by atoms with Crippen LogP contribution in [0.1, 0.15) is 24.2 Å². The Hall–Kier alpha value is -1.74. The summed E-state index contributed by atoms with van der Waals surface area (Å²) in [4.78, 5) is 27.2. The highest BCUT2D eigenvalue weighted by molar-refractivity contribution is 9.11. The fourth-order valence-electron chi connectivity index (χ4n) is 3.43. The molecule has 1 aliphatic heterocycles. The predicted molar refractivity (Wildman–Crippen MR) is 114 cm³/mol. The Labute approximate surface area is 176 Å². The number of morpholine rings is 1. The van der Waals surface area contributed by atoms with Gasteiger partial charge in [-0.05, 0) is 35.3 Å². The zero-order valence-corrected chi connectivity index (χ0v) is 18.4. The zero-order valence-electron chi connectivity index (χ0n) is 16.0. The van der Waals surface area contributed by atoms with Gasteiger partial charge >= 0.3 is 5.97 Å². The molecule has 2 atom stereocenters. The van der Waals surface area contributed by atoms with Crippen molar-refractivity contribution in [2.75, 3.05) is 32.1 Å². The molecule has 2 aromatic rings. The number of methoxy groups -OCH3 is 1. The van der Waals surface area contributed by atoms with Gasteiger partial charge in [-0.3, -0.25) is 9.69 Å². The smallest absolute Gasteiger partial charge is 0.341 e. The molecule has 0 saturated carbocycles. The Kier molecular flexibility index (Phi) is 6.87. The second kappa shape index (κ2) is 9.17. The lowest BCUT2D eigenvalue weighted by Crippen LogP contribution is -2.48. The van der Waals surface area contributed by atoms with Crippen LogP contribution in [0.5, 0.6) is 0 Å². The largest absolute Gasteiger partial charge is 0.465 e. The van der Waals surface area contributed by atoms with Gasteiger partial charge in [0.1, 0.15) is 10.6 Å². The second-order valence-electron chi connectivity index (χ2n) is 6.81. The highest BCUT2D eigenvalue weighted by atomic mass is 79.9. The van der Waals surface area contributed by atoms with Crippen LogP contribution in [-0.2, 0) is 14.3 Å². The Morgan fingerprint density at radius 1 is 1.25 bits per heavy atom. The molecule has 150 valence electrons. The van der Waals surface area contributed by atoms with Crippen molar-refractivity contribution in [1.29, 1.82) is 0 Å². The summed E-state index contributed by atoms with van der Waals surface area (Å²) >= 11 is 4.85. The van der Waals surface area contributed by atoms with Gasteiger partial charge in [0, 0.05) is 18.7 Å². The summed E-state index contributed by atoms with van der Waals surface area (Å²) < 4.78 is 11.5. The lowest BCUT2D eigenvalue weighted by Gasteiger charge is -2.34. The number of benzene rings is 1. The number of esters is 1. The van der Waals surface area contributed by atoms with Crippen LogP contribution in [0.25, 0.3) is 11.1 Å². The lowest BCUT2D eigenvalue weighted by molar-refractivity contribution is -0.121. The van der Waals surface area contributed by atoms with Crippen molar-refractivity contribution in [3.05, 3.63) is 39.7 Å². The summed E-state index contributed by atoms with van der Waals surface area (Å²) in [6, 6.07) is 9.55. The summed E-state index contributed by atoms with van der Waals surface area (Å²) in [6.07, 6.45) is 0.172. The SMILES string of the molecule is COC(=O)c1c(NC(=O)CN2C[C@@H](C)O[C@H](C)C2)sc(Br)c1-c1ccccc1. The van der Waals surface area contributed by atoms with Crippen molar-refractivity contribution in [3.8, 4) is 11.1 Å². The Balaban J connectivity index is 1.83. The minimum absolute atomic E-state index is 0.0859. The van der Waals surface area contributed by atoms with Crippen LogP contribution in [0.15, 0.2) is 34.1 Å². The van der Waals surface area contributed by atoms with E-state index < -0.39 is 5.97 Å². The first-order chi connectivity index (χ1) is 13.4. The van der Waals surface area contributed by atoms with Crippen molar-refractivity contribution in [2.24, 2.45) is 0 Å². The third kappa shape index (κ3) is 4.81. The topological polar surface area (TPSA) is 67.9 Å². The van der Waals surface area contributed by atoms with Gasteiger partial charge in [-0.15, -0.1) is 11.3 Å². The average Bonchev–Trinajstić information content (AvgIpc) is 2.96. The van der Waals surface area contributed by atoms with E-state index in [4.69, 9.17) is 9.47 Å². The first-order valence-corrected chi connectivity index (χ1v) is 10.6. The second-order valence-corrected chi connectivity index (χ2v) is 9.15. The van der Waals surface area contributed by atoms with Crippen LogP contribution >= 0.6 is 27.3 Å². The van der Waals surface area contributed by atoms with Crippen LogP contribution in [0.3, 0.4) is 0 Å². The molecule has 1 amide bonds. The molecule has 2 heterocycles. The Bertz CT molecular complexity index is 845. The molecular weight excluding hydrogens is 444 g/mol. The Morgan fingerprint density at radius 2 is 1.89 bits per heavy atom. The number of nitrogens with zero attached hydrogens (tertiary/aromatic N) is 1. The van der Waals surface area contributed by atoms with E-state index in [0.717, 1.165) is 14.9 Å². The molecule has 8 heteroatoms. The van der Waals surface area contributed by atoms with Crippen molar-refractivity contribution in [1.82, 2.24) is 4.90 Å². The first kappa shape index (κ1) is 21.0. The van der Waals surface area contributed by atoms with Crippen molar-refractivity contribution >= 4 is 44.1 Å².